The Morgan fingerprint density at radius 2 is 1.92 bits per heavy atom. The molecule has 1 aromatic carbocycles. The van der Waals surface area contributed by atoms with Gasteiger partial charge in [0, 0.05) is 31.9 Å². The second-order valence-electron chi connectivity index (χ2n) is 5.82. The van der Waals surface area contributed by atoms with Gasteiger partial charge in [-0.1, -0.05) is 6.07 Å². The van der Waals surface area contributed by atoms with E-state index in [1.54, 1.807) is 19.9 Å². The van der Waals surface area contributed by atoms with Crippen LogP contribution in [0.5, 0.6) is 0 Å². The quantitative estimate of drug-likeness (QED) is 0.908. The number of nitrogens with zero attached hydrogens (tertiary/aromatic N) is 4. The maximum absolute atomic E-state index is 12.8. The van der Waals surface area contributed by atoms with Gasteiger partial charge in [-0.05, 0) is 32.0 Å². The molecular weight excluding hydrogens is 326 g/mol. The van der Waals surface area contributed by atoms with Crippen LogP contribution in [0, 0.1) is 25.2 Å². The lowest BCUT2D eigenvalue weighted by Crippen LogP contribution is -2.48. The molecule has 24 heavy (non-hydrogen) atoms. The smallest absolute Gasteiger partial charge is 0.246 e. The summed E-state index contributed by atoms with van der Waals surface area (Å²) in [6.45, 7) is 5.40. The highest BCUT2D eigenvalue weighted by molar-refractivity contribution is 7.89. The average Bonchev–Trinajstić information content (AvgIpc) is 2.94. The van der Waals surface area contributed by atoms with Crippen molar-refractivity contribution in [1.82, 2.24) is 14.5 Å². The lowest BCUT2D eigenvalue weighted by atomic mass is 10.2. The fourth-order valence-corrected chi connectivity index (χ4v) is 4.76. The van der Waals surface area contributed by atoms with Crippen LogP contribution in [0.2, 0.25) is 0 Å². The zero-order valence-corrected chi connectivity index (χ0v) is 14.5. The second-order valence-corrected chi connectivity index (χ2v) is 7.69. The number of aromatic nitrogens is 2. The van der Waals surface area contributed by atoms with Crippen LogP contribution in [-0.4, -0.2) is 49.1 Å². The van der Waals surface area contributed by atoms with Crippen molar-refractivity contribution in [3.8, 4) is 6.07 Å². The van der Waals surface area contributed by atoms with E-state index in [-0.39, 0.29) is 4.90 Å². The molecule has 2 heterocycles. The third-order valence-corrected chi connectivity index (χ3v) is 6.40. The molecular formula is C16H19N5O2S. The lowest BCUT2D eigenvalue weighted by Gasteiger charge is -2.35. The summed E-state index contributed by atoms with van der Waals surface area (Å²) in [5.74, 6) is 0. The SMILES string of the molecule is Cc1n[nH]c(C)c1S(=O)(=O)N1CCN(c2cccc(C#N)c2)CC1. The fourth-order valence-electron chi connectivity index (χ4n) is 3.01. The average molecular weight is 345 g/mol. The largest absolute Gasteiger partial charge is 0.369 e. The number of nitriles is 1. The number of nitrogens with one attached hydrogen (secondary N) is 1. The van der Waals surface area contributed by atoms with Crippen molar-refractivity contribution in [2.75, 3.05) is 31.1 Å². The summed E-state index contributed by atoms with van der Waals surface area (Å²) in [6, 6.07) is 9.50. The van der Waals surface area contributed by atoms with E-state index in [2.05, 4.69) is 21.2 Å². The molecule has 0 atom stereocenters. The lowest BCUT2D eigenvalue weighted by molar-refractivity contribution is 0.384. The van der Waals surface area contributed by atoms with E-state index >= 15 is 0 Å². The highest BCUT2D eigenvalue weighted by Gasteiger charge is 2.32. The topological polar surface area (TPSA) is 93.1 Å². The van der Waals surface area contributed by atoms with Crippen LogP contribution in [0.3, 0.4) is 0 Å². The maximum Gasteiger partial charge on any atom is 0.246 e. The molecule has 0 spiro atoms. The number of hydrogen-bond donors (Lipinski definition) is 1. The maximum atomic E-state index is 12.8. The normalized spacial score (nSPS) is 16.1. The number of rotatable bonds is 3. The Balaban J connectivity index is 1.76. The molecule has 0 aliphatic carbocycles. The first kappa shape index (κ1) is 16.5. The number of anilines is 1. The zero-order chi connectivity index (χ0) is 17.3. The van der Waals surface area contributed by atoms with Gasteiger partial charge in [0.2, 0.25) is 10.0 Å². The third kappa shape index (κ3) is 2.88. The van der Waals surface area contributed by atoms with E-state index in [0.29, 0.717) is 43.1 Å². The summed E-state index contributed by atoms with van der Waals surface area (Å²) in [5, 5.41) is 15.7. The van der Waals surface area contributed by atoms with Gasteiger partial charge in [0.25, 0.3) is 0 Å². The molecule has 0 saturated carbocycles. The summed E-state index contributed by atoms with van der Waals surface area (Å²) in [7, 11) is -3.54. The first-order chi connectivity index (χ1) is 11.4. The minimum absolute atomic E-state index is 0.280. The molecule has 8 heteroatoms. The van der Waals surface area contributed by atoms with E-state index in [9.17, 15) is 8.42 Å². The molecule has 1 aliphatic heterocycles. The van der Waals surface area contributed by atoms with Crippen molar-refractivity contribution < 1.29 is 8.42 Å². The Morgan fingerprint density at radius 3 is 2.50 bits per heavy atom. The minimum atomic E-state index is -3.54. The van der Waals surface area contributed by atoms with Crippen LogP contribution in [0.1, 0.15) is 17.0 Å². The molecule has 1 N–H and O–H groups in total. The molecule has 0 radical (unpaired) electrons. The highest BCUT2D eigenvalue weighted by Crippen LogP contribution is 2.24. The van der Waals surface area contributed by atoms with Crippen LogP contribution >= 0.6 is 0 Å². The molecule has 2 aromatic rings. The first-order valence-electron chi connectivity index (χ1n) is 7.70. The van der Waals surface area contributed by atoms with Gasteiger partial charge in [-0.3, -0.25) is 5.10 Å². The number of sulfonamides is 1. The van der Waals surface area contributed by atoms with Crippen LogP contribution in [0.4, 0.5) is 5.69 Å². The third-order valence-electron chi connectivity index (χ3n) is 4.24. The standard InChI is InChI=1S/C16H19N5O2S/c1-12-16(13(2)19-18-12)24(22,23)21-8-6-20(7-9-21)15-5-3-4-14(10-15)11-17/h3-5,10H,6-9H2,1-2H3,(H,18,19). The number of piperazine rings is 1. The summed E-state index contributed by atoms with van der Waals surface area (Å²) in [6.07, 6.45) is 0. The van der Waals surface area contributed by atoms with Crippen LogP contribution in [0.25, 0.3) is 0 Å². The fraction of sp³-hybridized carbons (Fsp3) is 0.375. The van der Waals surface area contributed by atoms with E-state index in [1.165, 1.54) is 4.31 Å². The van der Waals surface area contributed by atoms with Crippen LogP contribution in [-0.2, 0) is 10.0 Å². The number of aryl methyl sites for hydroxylation is 2. The first-order valence-corrected chi connectivity index (χ1v) is 9.14. The molecule has 1 saturated heterocycles. The van der Waals surface area contributed by atoms with Gasteiger partial charge in [0.15, 0.2) is 0 Å². The van der Waals surface area contributed by atoms with Gasteiger partial charge in [-0.25, -0.2) is 8.42 Å². The second kappa shape index (κ2) is 6.26. The Bertz CT molecular complexity index is 870. The summed E-state index contributed by atoms with van der Waals surface area (Å²) >= 11 is 0. The van der Waals surface area contributed by atoms with Gasteiger partial charge < -0.3 is 4.90 Å². The number of aromatic amines is 1. The summed E-state index contributed by atoms with van der Waals surface area (Å²) in [4.78, 5) is 2.38. The molecule has 1 fully saturated rings. The molecule has 0 unspecified atom stereocenters. The Kier molecular flexibility index (Phi) is 4.30. The van der Waals surface area contributed by atoms with Crippen LogP contribution < -0.4 is 4.90 Å². The Hall–Kier alpha value is -2.37. The predicted molar refractivity (Wildman–Crippen MR) is 90.2 cm³/mol. The molecule has 3 rings (SSSR count). The monoisotopic (exact) mass is 345 g/mol. The van der Waals surface area contributed by atoms with E-state index in [4.69, 9.17) is 5.26 Å². The van der Waals surface area contributed by atoms with E-state index in [1.807, 2.05) is 18.2 Å². The zero-order valence-electron chi connectivity index (χ0n) is 13.7. The van der Waals surface area contributed by atoms with Gasteiger partial charge in [0.05, 0.1) is 23.0 Å². The predicted octanol–water partition coefficient (Wildman–Crippen LogP) is 1.41. The number of H-pyrrole nitrogens is 1. The highest BCUT2D eigenvalue weighted by atomic mass is 32.2. The van der Waals surface area contributed by atoms with Gasteiger partial charge in [-0.15, -0.1) is 0 Å². The van der Waals surface area contributed by atoms with E-state index in [0.717, 1.165) is 5.69 Å². The molecule has 1 aliphatic rings. The van der Waals surface area contributed by atoms with Crippen molar-refractivity contribution in [2.45, 2.75) is 18.7 Å². The minimum Gasteiger partial charge on any atom is -0.369 e. The molecule has 126 valence electrons. The molecule has 1 aromatic heterocycles. The molecule has 7 nitrogen and oxygen atoms in total. The van der Waals surface area contributed by atoms with Crippen molar-refractivity contribution in [1.29, 1.82) is 5.26 Å². The van der Waals surface area contributed by atoms with Crippen LogP contribution in [0.15, 0.2) is 29.2 Å². The van der Waals surface area contributed by atoms with Crippen molar-refractivity contribution in [2.24, 2.45) is 0 Å². The Labute approximate surface area is 141 Å². The van der Waals surface area contributed by atoms with Crippen molar-refractivity contribution in [3.63, 3.8) is 0 Å². The van der Waals surface area contributed by atoms with Gasteiger partial charge in [0.1, 0.15) is 4.90 Å². The summed E-state index contributed by atoms with van der Waals surface area (Å²) < 4.78 is 27.2. The van der Waals surface area contributed by atoms with Crippen molar-refractivity contribution >= 4 is 15.7 Å². The number of benzene rings is 1. The molecule has 0 bridgehead atoms. The molecule has 0 amide bonds. The van der Waals surface area contributed by atoms with E-state index < -0.39 is 10.0 Å². The Morgan fingerprint density at radius 1 is 1.21 bits per heavy atom. The number of hydrogen-bond acceptors (Lipinski definition) is 5. The van der Waals surface area contributed by atoms with Crippen molar-refractivity contribution in [3.05, 3.63) is 41.2 Å². The van der Waals surface area contributed by atoms with Gasteiger partial charge >= 0.3 is 0 Å². The summed E-state index contributed by atoms with van der Waals surface area (Å²) in [5.41, 5.74) is 2.61. The van der Waals surface area contributed by atoms with Gasteiger partial charge in [-0.2, -0.15) is 14.7 Å².